The van der Waals surface area contributed by atoms with Crippen LogP contribution in [0.5, 0.6) is 0 Å². The van der Waals surface area contributed by atoms with Crippen molar-refractivity contribution in [3.63, 3.8) is 0 Å². The standard InChI is InChI=1S/C20H27N7.2ClH/c1-3-4-5-16-11-19(27-7-6-17(13-27)23-2)26-20(24-16)25-18-9-14(12-21)8-15(22)10-18;;/h8-11,17,23H,3-7,13,22H2,1-2H3,(H,24,25,26);2*1H/t17-;;/m0../s1. The minimum atomic E-state index is 0. The lowest BCUT2D eigenvalue weighted by Crippen LogP contribution is -2.30. The lowest BCUT2D eigenvalue weighted by molar-refractivity contribution is 0.616. The third-order valence-electron chi connectivity index (χ3n) is 4.81. The zero-order chi connectivity index (χ0) is 19.2. The van der Waals surface area contributed by atoms with Gasteiger partial charge in [-0.1, -0.05) is 13.3 Å². The van der Waals surface area contributed by atoms with Crippen LogP contribution in [0.4, 0.5) is 23.1 Å². The molecule has 158 valence electrons. The van der Waals surface area contributed by atoms with Gasteiger partial charge in [0, 0.05) is 42.3 Å². The molecule has 1 aromatic heterocycles. The molecule has 0 unspecified atom stereocenters. The highest BCUT2D eigenvalue weighted by Crippen LogP contribution is 2.24. The summed E-state index contributed by atoms with van der Waals surface area (Å²) >= 11 is 0. The lowest BCUT2D eigenvalue weighted by atomic mass is 10.2. The molecule has 0 saturated carbocycles. The third-order valence-corrected chi connectivity index (χ3v) is 4.81. The summed E-state index contributed by atoms with van der Waals surface area (Å²) in [6, 6.07) is 9.90. The molecular weight excluding hydrogens is 409 g/mol. The number of hydrogen-bond donors (Lipinski definition) is 3. The van der Waals surface area contributed by atoms with E-state index < -0.39 is 0 Å². The number of likely N-dealkylation sites (N-methyl/N-ethyl adjacent to an activating group) is 1. The van der Waals surface area contributed by atoms with E-state index in [4.69, 9.17) is 16.0 Å². The molecule has 0 bridgehead atoms. The number of rotatable bonds is 7. The van der Waals surface area contributed by atoms with Crippen LogP contribution in [0.3, 0.4) is 0 Å². The van der Waals surface area contributed by atoms with E-state index >= 15 is 0 Å². The maximum Gasteiger partial charge on any atom is 0.229 e. The molecule has 4 N–H and O–H groups in total. The van der Waals surface area contributed by atoms with Crippen molar-refractivity contribution in [2.75, 3.05) is 36.1 Å². The van der Waals surface area contributed by atoms with E-state index in [-0.39, 0.29) is 24.8 Å². The Morgan fingerprint density at radius 1 is 1.24 bits per heavy atom. The third kappa shape index (κ3) is 6.64. The SMILES string of the molecule is CCCCc1cc(N2CC[C@H](NC)C2)nc(Nc2cc(N)cc(C#N)c2)n1.Cl.Cl. The van der Waals surface area contributed by atoms with E-state index in [1.807, 2.05) is 7.05 Å². The van der Waals surface area contributed by atoms with E-state index in [1.54, 1.807) is 18.2 Å². The molecular formula is C20H29Cl2N7. The van der Waals surface area contributed by atoms with Gasteiger partial charge >= 0.3 is 0 Å². The van der Waals surface area contributed by atoms with Gasteiger partial charge in [0.2, 0.25) is 5.95 Å². The molecule has 0 radical (unpaired) electrons. The summed E-state index contributed by atoms with van der Waals surface area (Å²) < 4.78 is 0. The number of benzene rings is 1. The van der Waals surface area contributed by atoms with Crippen LogP contribution in [0.25, 0.3) is 0 Å². The number of nitrogens with one attached hydrogen (secondary N) is 2. The number of aryl methyl sites for hydroxylation is 1. The van der Waals surface area contributed by atoms with Crippen LogP contribution in [0, 0.1) is 11.3 Å². The Hall–Kier alpha value is -2.27. The van der Waals surface area contributed by atoms with Gasteiger partial charge in [0.1, 0.15) is 5.82 Å². The molecule has 1 atom stereocenters. The first-order valence-electron chi connectivity index (χ1n) is 9.49. The van der Waals surface area contributed by atoms with Crippen LogP contribution >= 0.6 is 24.8 Å². The van der Waals surface area contributed by atoms with Crippen LogP contribution < -0.4 is 21.3 Å². The first kappa shape index (κ1) is 24.8. The molecule has 1 aliphatic rings. The predicted molar refractivity (Wildman–Crippen MR) is 124 cm³/mol. The highest BCUT2D eigenvalue weighted by molar-refractivity contribution is 5.85. The molecule has 2 heterocycles. The molecule has 0 aliphatic carbocycles. The summed E-state index contributed by atoms with van der Waals surface area (Å²) in [6.07, 6.45) is 4.24. The van der Waals surface area contributed by atoms with Gasteiger partial charge in [-0.2, -0.15) is 10.2 Å². The highest BCUT2D eigenvalue weighted by Gasteiger charge is 2.23. The second-order valence-corrected chi connectivity index (χ2v) is 6.95. The summed E-state index contributed by atoms with van der Waals surface area (Å²) in [5.74, 6) is 1.49. The Bertz CT molecular complexity index is 838. The minimum absolute atomic E-state index is 0. The minimum Gasteiger partial charge on any atom is -0.399 e. The first-order chi connectivity index (χ1) is 13.1. The van der Waals surface area contributed by atoms with Crippen molar-refractivity contribution < 1.29 is 0 Å². The average molecular weight is 438 g/mol. The average Bonchev–Trinajstić information content (AvgIpc) is 3.15. The number of hydrogen-bond acceptors (Lipinski definition) is 7. The second kappa shape index (κ2) is 11.7. The summed E-state index contributed by atoms with van der Waals surface area (Å²) in [7, 11) is 2.00. The summed E-state index contributed by atoms with van der Waals surface area (Å²) in [5, 5.41) is 15.7. The number of aromatic nitrogens is 2. The van der Waals surface area contributed by atoms with Gasteiger partial charge in [-0.05, 0) is 44.5 Å². The van der Waals surface area contributed by atoms with E-state index in [0.29, 0.717) is 23.2 Å². The van der Waals surface area contributed by atoms with Crippen LogP contribution in [-0.4, -0.2) is 36.1 Å². The Morgan fingerprint density at radius 3 is 2.69 bits per heavy atom. The molecule has 1 aliphatic heterocycles. The summed E-state index contributed by atoms with van der Waals surface area (Å²) in [4.78, 5) is 11.7. The number of nitrogen functional groups attached to an aromatic ring is 1. The normalized spacial score (nSPS) is 15.2. The molecule has 0 amide bonds. The monoisotopic (exact) mass is 437 g/mol. The fourth-order valence-corrected chi connectivity index (χ4v) is 3.31. The molecule has 2 aromatic rings. The molecule has 1 saturated heterocycles. The highest BCUT2D eigenvalue weighted by atomic mass is 35.5. The van der Waals surface area contributed by atoms with E-state index in [0.717, 1.165) is 56.0 Å². The Balaban J connectivity index is 0.00000210. The topological polar surface area (TPSA) is 103 Å². The molecule has 9 heteroatoms. The number of nitrogens with zero attached hydrogens (tertiary/aromatic N) is 4. The molecule has 1 aromatic carbocycles. The van der Waals surface area contributed by atoms with Crippen LogP contribution in [0.2, 0.25) is 0 Å². The number of anilines is 4. The zero-order valence-electron chi connectivity index (χ0n) is 16.8. The van der Waals surface area contributed by atoms with Crippen molar-refractivity contribution in [3.05, 3.63) is 35.5 Å². The van der Waals surface area contributed by atoms with Crippen LogP contribution in [0.1, 0.15) is 37.4 Å². The largest absolute Gasteiger partial charge is 0.399 e. The molecule has 29 heavy (non-hydrogen) atoms. The van der Waals surface area contributed by atoms with Gasteiger partial charge in [0.25, 0.3) is 0 Å². The van der Waals surface area contributed by atoms with Gasteiger partial charge in [-0.25, -0.2) is 4.98 Å². The predicted octanol–water partition coefficient (Wildman–Crippen LogP) is 3.66. The Labute approximate surface area is 184 Å². The molecule has 1 fully saturated rings. The first-order valence-corrected chi connectivity index (χ1v) is 9.49. The van der Waals surface area contributed by atoms with Crippen molar-refractivity contribution in [1.82, 2.24) is 15.3 Å². The van der Waals surface area contributed by atoms with Gasteiger partial charge in [-0.15, -0.1) is 24.8 Å². The molecule has 7 nitrogen and oxygen atoms in total. The van der Waals surface area contributed by atoms with Crippen molar-refractivity contribution in [1.29, 1.82) is 5.26 Å². The van der Waals surface area contributed by atoms with E-state index in [9.17, 15) is 0 Å². The van der Waals surface area contributed by atoms with Crippen LogP contribution in [0.15, 0.2) is 24.3 Å². The van der Waals surface area contributed by atoms with Gasteiger partial charge < -0.3 is 21.3 Å². The Morgan fingerprint density at radius 2 is 2.03 bits per heavy atom. The fraction of sp³-hybridized carbons (Fsp3) is 0.450. The number of nitrogens with two attached hydrogens (primary N) is 1. The number of nitriles is 1. The van der Waals surface area contributed by atoms with Crippen molar-refractivity contribution in [2.24, 2.45) is 0 Å². The molecule has 0 spiro atoms. The summed E-state index contributed by atoms with van der Waals surface area (Å²) in [6.45, 7) is 4.10. The smallest absolute Gasteiger partial charge is 0.229 e. The van der Waals surface area contributed by atoms with Gasteiger partial charge in [0.15, 0.2) is 0 Å². The van der Waals surface area contributed by atoms with Gasteiger partial charge in [0.05, 0.1) is 11.6 Å². The van der Waals surface area contributed by atoms with Crippen molar-refractivity contribution in [3.8, 4) is 6.07 Å². The van der Waals surface area contributed by atoms with Crippen molar-refractivity contribution >= 4 is 48.0 Å². The molecule has 3 rings (SSSR count). The van der Waals surface area contributed by atoms with Crippen LogP contribution in [-0.2, 0) is 6.42 Å². The maximum absolute atomic E-state index is 9.15. The van der Waals surface area contributed by atoms with E-state index in [1.165, 1.54) is 0 Å². The quantitative estimate of drug-likeness (QED) is 0.567. The summed E-state index contributed by atoms with van der Waals surface area (Å²) in [5.41, 5.74) is 8.70. The lowest BCUT2D eigenvalue weighted by Gasteiger charge is -2.19. The van der Waals surface area contributed by atoms with Crippen molar-refractivity contribution in [2.45, 2.75) is 38.6 Å². The number of unbranched alkanes of at least 4 members (excludes halogenated alkanes) is 1. The van der Waals surface area contributed by atoms with E-state index in [2.05, 4.69) is 39.6 Å². The maximum atomic E-state index is 9.15. The van der Waals surface area contributed by atoms with Gasteiger partial charge in [-0.3, -0.25) is 0 Å². The number of halogens is 2. The zero-order valence-corrected chi connectivity index (χ0v) is 18.4. The second-order valence-electron chi connectivity index (χ2n) is 6.95. The Kier molecular flexibility index (Phi) is 9.96. The fourth-order valence-electron chi connectivity index (χ4n) is 3.31.